The van der Waals surface area contributed by atoms with Crippen LogP contribution in [0.15, 0.2) is 42.6 Å². The number of rotatable bonds is 2. The van der Waals surface area contributed by atoms with Crippen LogP contribution in [0.25, 0.3) is 16.7 Å². The molecule has 4 rings (SSSR count). The van der Waals surface area contributed by atoms with Crippen molar-refractivity contribution >= 4 is 16.9 Å². The SMILES string of the molecule is O=C(c1ccc(-n2nc(C(F)(F)F)c3cccnc32)cc1)N1CCCC1. The second-order valence-electron chi connectivity index (χ2n) is 6.18. The van der Waals surface area contributed by atoms with Crippen LogP contribution in [0.4, 0.5) is 13.2 Å². The lowest BCUT2D eigenvalue weighted by Gasteiger charge is -2.15. The fraction of sp³-hybridized carbons (Fsp3) is 0.278. The first-order valence-electron chi connectivity index (χ1n) is 8.26. The molecule has 0 aliphatic carbocycles. The van der Waals surface area contributed by atoms with E-state index < -0.39 is 11.9 Å². The number of likely N-dealkylation sites (tertiary alicyclic amines) is 1. The highest BCUT2D eigenvalue weighted by Crippen LogP contribution is 2.34. The van der Waals surface area contributed by atoms with Crippen LogP contribution >= 0.6 is 0 Å². The number of pyridine rings is 1. The fourth-order valence-electron chi connectivity index (χ4n) is 3.19. The molecule has 0 unspecified atom stereocenters. The highest BCUT2D eigenvalue weighted by atomic mass is 19.4. The van der Waals surface area contributed by atoms with Gasteiger partial charge in [-0.05, 0) is 49.2 Å². The number of halogens is 3. The molecule has 1 fully saturated rings. The largest absolute Gasteiger partial charge is 0.435 e. The zero-order chi connectivity index (χ0) is 18.3. The summed E-state index contributed by atoms with van der Waals surface area (Å²) in [6.07, 6.45) is -1.16. The van der Waals surface area contributed by atoms with E-state index in [0.29, 0.717) is 11.3 Å². The molecule has 0 saturated carbocycles. The van der Waals surface area contributed by atoms with Gasteiger partial charge in [0.05, 0.1) is 11.1 Å². The highest BCUT2D eigenvalue weighted by Gasteiger charge is 2.37. The van der Waals surface area contributed by atoms with E-state index in [1.54, 1.807) is 29.2 Å². The van der Waals surface area contributed by atoms with Gasteiger partial charge in [-0.25, -0.2) is 9.67 Å². The van der Waals surface area contributed by atoms with Gasteiger partial charge in [0.25, 0.3) is 5.91 Å². The maximum atomic E-state index is 13.2. The molecule has 2 aromatic heterocycles. The molecular weight excluding hydrogens is 345 g/mol. The van der Waals surface area contributed by atoms with Gasteiger partial charge in [0.15, 0.2) is 11.3 Å². The Hall–Kier alpha value is -2.90. The quantitative estimate of drug-likeness (QED) is 0.701. The molecule has 1 saturated heterocycles. The predicted octanol–water partition coefficient (Wildman–Crippen LogP) is 3.68. The number of amides is 1. The maximum absolute atomic E-state index is 13.2. The Bertz CT molecular complexity index is 957. The zero-order valence-corrected chi connectivity index (χ0v) is 13.7. The molecule has 134 valence electrons. The maximum Gasteiger partial charge on any atom is 0.435 e. The molecule has 0 spiro atoms. The average molecular weight is 360 g/mol. The number of fused-ring (bicyclic) bond motifs is 1. The minimum Gasteiger partial charge on any atom is -0.339 e. The number of benzene rings is 1. The summed E-state index contributed by atoms with van der Waals surface area (Å²) in [7, 11) is 0. The van der Waals surface area contributed by atoms with Gasteiger partial charge in [-0.3, -0.25) is 4.79 Å². The second kappa shape index (κ2) is 6.12. The fourth-order valence-corrected chi connectivity index (χ4v) is 3.19. The van der Waals surface area contributed by atoms with Crippen molar-refractivity contribution in [3.63, 3.8) is 0 Å². The van der Waals surface area contributed by atoms with E-state index in [0.717, 1.165) is 30.6 Å². The molecule has 0 bridgehead atoms. The molecule has 26 heavy (non-hydrogen) atoms. The van der Waals surface area contributed by atoms with Gasteiger partial charge in [0.1, 0.15) is 0 Å². The Kier molecular flexibility index (Phi) is 3.90. The Balaban J connectivity index is 1.73. The summed E-state index contributed by atoms with van der Waals surface area (Å²) in [5, 5.41) is 3.66. The molecule has 1 aliphatic heterocycles. The van der Waals surface area contributed by atoms with Crippen LogP contribution in [-0.4, -0.2) is 38.7 Å². The minimum absolute atomic E-state index is 0.0581. The van der Waals surface area contributed by atoms with E-state index >= 15 is 0 Å². The van der Waals surface area contributed by atoms with E-state index in [1.807, 2.05) is 0 Å². The molecule has 1 amide bonds. The van der Waals surface area contributed by atoms with Crippen molar-refractivity contribution in [3.8, 4) is 5.69 Å². The molecule has 0 atom stereocenters. The molecule has 1 aromatic carbocycles. The molecule has 8 heteroatoms. The molecule has 1 aliphatic rings. The predicted molar refractivity (Wildman–Crippen MR) is 89.0 cm³/mol. The first-order valence-corrected chi connectivity index (χ1v) is 8.26. The van der Waals surface area contributed by atoms with E-state index in [2.05, 4.69) is 10.1 Å². The number of alkyl halides is 3. The number of nitrogens with zero attached hydrogens (tertiary/aromatic N) is 4. The van der Waals surface area contributed by atoms with Crippen LogP contribution in [0.5, 0.6) is 0 Å². The van der Waals surface area contributed by atoms with E-state index in [-0.39, 0.29) is 16.9 Å². The van der Waals surface area contributed by atoms with Crippen molar-refractivity contribution in [1.29, 1.82) is 0 Å². The standard InChI is InChI=1S/C18H15F3N4O/c19-18(20,21)15-14-4-3-9-22-16(14)25(23-15)13-7-5-12(6-8-13)17(26)24-10-1-2-11-24/h3-9H,1-2,10-11H2. The first-order chi connectivity index (χ1) is 12.4. The lowest BCUT2D eigenvalue weighted by atomic mass is 10.2. The molecule has 5 nitrogen and oxygen atoms in total. The molecule has 0 radical (unpaired) electrons. The monoisotopic (exact) mass is 360 g/mol. The van der Waals surface area contributed by atoms with Gasteiger partial charge in [-0.2, -0.15) is 18.3 Å². The summed E-state index contributed by atoms with van der Waals surface area (Å²) in [6, 6.07) is 9.19. The molecule has 0 N–H and O–H groups in total. The molecule has 3 heterocycles. The second-order valence-corrected chi connectivity index (χ2v) is 6.18. The van der Waals surface area contributed by atoms with Crippen LogP contribution < -0.4 is 0 Å². The third-order valence-corrected chi connectivity index (χ3v) is 4.46. The van der Waals surface area contributed by atoms with Crippen LogP contribution in [0, 0.1) is 0 Å². The summed E-state index contributed by atoms with van der Waals surface area (Å²) in [6.45, 7) is 1.48. The lowest BCUT2D eigenvalue weighted by Crippen LogP contribution is -2.27. The molecule has 3 aromatic rings. The van der Waals surface area contributed by atoms with Crippen molar-refractivity contribution in [3.05, 3.63) is 53.9 Å². The number of hydrogen-bond donors (Lipinski definition) is 0. The zero-order valence-electron chi connectivity index (χ0n) is 13.7. The van der Waals surface area contributed by atoms with Gasteiger partial charge in [-0.1, -0.05) is 0 Å². The van der Waals surface area contributed by atoms with Crippen LogP contribution in [0.3, 0.4) is 0 Å². The van der Waals surface area contributed by atoms with Crippen molar-refractivity contribution in [2.24, 2.45) is 0 Å². The van der Waals surface area contributed by atoms with Crippen LogP contribution in [0.1, 0.15) is 28.9 Å². The number of carbonyl (C=O) groups excluding carboxylic acids is 1. The normalized spacial score (nSPS) is 15.0. The topological polar surface area (TPSA) is 51.0 Å². The van der Waals surface area contributed by atoms with Crippen LogP contribution in [0.2, 0.25) is 0 Å². The number of aromatic nitrogens is 3. The smallest absolute Gasteiger partial charge is 0.339 e. The summed E-state index contributed by atoms with van der Waals surface area (Å²) in [5.41, 5.74) is 0.0783. The summed E-state index contributed by atoms with van der Waals surface area (Å²) >= 11 is 0. The summed E-state index contributed by atoms with van der Waals surface area (Å²) in [5.74, 6) is -0.0616. The van der Waals surface area contributed by atoms with Crippen molar-refractivity contribution in [2.45, 2.75) is 19.0 Å². The van der Waals surface area contributed by atoms with Crippen molar-refractivity contribution < 1.29 is 18.0 Å². The van der Waals surface area contributed by atoms with Gasteiger partial charge in [0, 0.05) is 24.8 Å². The third-order valence-electron chi connectivity index (χ3n) is 4.46. The highest BCUT2D eigenvalue weighted by molar-refractivity contribution is 5.94. The van der Waals surface area contributed by atoms with Crippen molar-refractivity contribution in [1.82, 2.24) is 19.7 Å². The Labute approximate surface area is 147 Å². The van der Waals surface area contributed by atoms with Gasteiger partial charge >= 0.3 is 6.18 Å². The lowest BCUT2D eigenvalue weighted by molar-refractivity contribution is -0.140. The van der Waals surface area contributed by atoms with E-state index in [4.69, 9.17) is 0 Å². The first kappa shape index (κ1) is 16.6. The summed E-state index contributed by atoms with van der Waals surface area (Å²) < 4.78 is 40.9. The average Bonchev–Trinajstić information content (AvgIpc) is 3.29. The minimum atomic E-state index is -4.57. The molecular formula is C18H15F3N4O. The van der Waals surface area contributed by atoms with Gasteiger partial charge < -0.3 is 4.90 Å². The third kappa shape index (κ3) is 2.81. The van der Waals surface area contributed by atoms with Gasteiger partial charge in [-0.15, -0.1) is 0 Å². The van der Waals surface area contributed by atoms with Crippen molar-refractivity contribution in [2.75, 3.05) is 13.1 Å². The Morgan fingerprint density at radius 3 is 2.38 bits per heavy atom. The van der Waals surface area contributed by atoms with Gasteiger partial charge in [0.2, 0.25) is 0 Å². The number of hydrogen-bond acceptors (Lipinski definition) is 3. The van der Waals surface area contributed by atoms with Crippen LogP contribution in [-0.2, 0) is 6.18 Å². The number of carbonyl (C=O) groups is 1. The Morgan fingerprint density at radius 1 is 1.04 bits per heavy atom. The van der Waals surface area contributed by atoms with E-state index in [9.17, 15) is 18.0 Å². The summed E-state index contributed by atoms with van der Waals surface area (Å²) in [4.78, 5) is 18.2. The Morgan fingerprint density at radius 2 is 1.73 bits per heavy atom. The van der Waals surface area contributed by atoms with E-state index in [1.165, 1.54) is 18.3 Å².